The number of rotatable bonds is 4. The topological polar surface area (TPSA) is 83.3 Å². The molecule has 0 spiro atoms. The van der Waals surface area contributed by atoms with E-state index in [0.29, 0.717) is 15.6 Å². The van der Waals surface area contributed by atoms with Gasteiger partial charge in [0.2, 0.25) is 0 Å². The van der Waals surface area contributed by atoms with Crippen LogP contribution in [0.3, 0.4) is 0 Å². The minimum absolute atomic E-state index is 0.120. The number of benzene rings is 2. The van der Waals surface area contributed by atoms with Crippen LogP contribution in [0.5, 0.6) is 11.5 Å². The molecule has 1 aliphatic rings. The van der Waals surface area contributed by atoms with E-state index in [4.69, 9.17) is 4.74 Å². The molecule has 0 aromatic heterocycles. The summed E-state index contributed by atoms with van der Waals surface area (Å²) in [7, 11) is 1.60. The number of para-hydroxylation sites is 1. The number of carbonyl (C=O) groups is 1. The summed E-state index contributed by atoms with van der Waals surface area (Å²) in [5, 5.41) is 20.6. The second kappa shape index (κ2) is 7.67. The second-order valence-electron chi connectivity index (χ2n) is 5.05. The van der Waals surface area contributed by atoms with Crippen LogP contribution in [-0.2, 0) is 4.79 Å². The molecule has 6 nitrogen and oxygen atoms in total. The van der Waals surface area contributed by atoms with Gasteiger partial charge in [-0.05, 0) is 47.7 Å². The van der Waals surface area contributed by atoms with Gasteiger partial charge in [0.15, 0.2) is 5.17 Å². The van der Waals surface area contributed by atoms with Crippen molar-refractivity contribution in [3.8, 4) is 11.5 Å². The van der Waals surface area contributed by atoms with Gasteiger partial charge in [0.25, 0.3) is 5.91 Å². The van der Waals surface area contributed by atoms with Gasteiger partial charge in [-0.2, -0.15) is 5.10 Å². The van der Waals surface area contributed by atoms with E-state index in [1.807, 2.05) is 24.3 Å². The van der Waals surface area contributed by atoms with Gasteiger partial charge in [-0.1, -0.05) is 24.3 Å². The van der Waals surface area contributed by atoms with E-state index in [1.165, 1.54) is 18.0 Å². The second-order valence-corrected chi connectivity index (χ2v) is 6.08. The largest absolute Gasteiger partial charge is 0.507 e. The molecule has 1 amide bonds. The summed E-state index contributed by atoms with van der Waals surface area (Å²) in [6.45, 7) is 0. The van der Waals surface area contributed by atoms with Crippen molar-refractivity contribution in [3.63, 3.8) is 0 Å². The van der Waals surface area contributed by atoms with Crippen molar-refractivity contribution >= 4 is 35.1 Å². The Bertz CT molecular complexity index is 873. The van der Waals surface area contributed by atoms with Crippen LogP contribution in [0, 0.1) is 0 Å². The number of amidine groups is 1. The third-order valence-electron chi connectivity index (χ3n) is 3.35. The first-order valence-corrected chi connectivity index (χ1v) is 8.21. The first-order chi connectivity index (χ1) is 12.2. The van der Waals surface area contributed by atoms with Gasteiger partial charge in [0, 0.05) is 5.56 Å². The Kier molecular flexibility index (Phi) is 5.15. The number of phenols is 1. The fourth-order valence-electron chi connectivity index (χ4n) is 2.07. The zero-order valence-corrected chi connectivity index (χ0v) is 14.2. The number of nitrogens with zero attached hydrogens (tertiary/aromatic N) is 2. The first kappa shape index (κ1) is 16.8. The number of hydrogen-bond acceptors (Lipinski definition) is 6. The van der Waals surface area contributed by atoms with Crippen LogP contribution in [-0.4, -0.2) is 29.5 Å². The molecule has 1 aliphatic heterocycles. The Morgan fingerprint density at radius 2 is 1.92 bits per heavy atom. The minimum atomic E-state index is -0.225. The zero-order chi connectivity index (χ0) is 17.6. The number of thioether (sulfide) groups is 1. The van der Waals surface area contributed by atoms with Gasteiger partial charge in [-0.15, -0.1) is 5.10 Å². The molecule has 3 rings (SSSR count). The van der Waals surface area contributed by atoms with Gasteiger partial charge < -0.3 is 9.84 Å². The maximum absolute atomic E-state index is 12.0. The minimum Gasteiger partial charge on any atom is -0.507 e. The number of ether oxygens (including phenoxy) is 1. The van der Waals surface area contributed by atoms with E-state index in [9.17, 15) is 9.90 Å². The molecule has 0 saturated carbocycles. The maximum atomic E-state index is 12.0. The maximum Gasteiger partial charge on any atom is 0.264 e. The monoisotopic (exact) mass is 353 g/mol. The van der Waals surface area contributed by atoms with Gasteiger partial charge in [0.1, 0.15) is 11.5 Å². The van der Waals surface area contributed by atoms with Crippen LogP contribution in [0.25, 0.3) is 6.08 Å². The Hall–Kier alpha value is -3.06. The van der Waals surface area contributed by atoms with E-state index in [0.717, 1.165) is 11.3 Å². The molecule has 0 aliphatic carbocycles. The molecular formula is C18H15N3O3S. The van der Waals surface area contributed by atoms with Crippen LogP contribution >= 0.6 is 11.8 Å². The van der Waals surface area contributed by atoms with Gasteiger partial charge >= 0.3 is 0 Å². The lowest BCUT2D eigenvalue weighted by Crippen LogP contribution is -2.19. The number of nitrogens with one attached hydrogen (secondary N) is 1. The summed E-state index contributed by atoms with van der Waals surface area (Å²) in [6.07, 6.45) is 3.20. The molecule has 0 atom stereocenters. The molecule has 2 N–H and O–H groups in total. The third kappa shape index (κ3) is 4.27. The van der Waals surface area contributed by atoms with Crippen molar-refractivity contribution in [2.45, 2.75) is 0 Å². The third-order valence-corrected chi connectivity index (χ3v) is 4.25. The number of amides is 1. The summed E-state index contributed by atoms with van der Waals surface area (Å²) in [4.78, 5) is 12.5. The molecule has 1 fully saturated rings. The summed E-state index contributed by atoms with van der Waals surface area (Å²) in [6, 6.07) is 14.2. The highest BCUT2D eigenvalue weighted by Gasteiger charge is 2.23. The quantitative estimate of drug-likeness (QED) is 0.503. The van der Waals surface area contributed by atoms with E-state index in [1.54, 1.807) is 37.5 Å². The zero-order valence-electron chi connectivity index (χ0n) is 13.3. The normalized spacial score (nSPS) is 17.4. The van der Waals surface area contributed by atoms with Crippen LogP contribution in [0.4, 0.5) is 0 Å². The van der Waals surface area contributed by atoms with E-state index >= 15 is 0 Å². The lowest BCUT2D eigenvalue weighted by molar-refractivity contribution is -0.115. The summed E-state index contributed by atoms with van der Waals surface area (Å²) in [5.74, 6) is 0.651. The number of aromatic hydroxyl groups is 1. The molecule has 1 heterocycles. The SMILES string of the molecule is COc1ccc(/C=C2/S/C(=N\N=C/c3ccccc3O)NC2=O)cc1. The molecule has 25 heavy (non-hydrogen) atoms. The van der Waals surface area contributed by atoms with Gasteiger partial charge in [0.05, 0.1) is 18.2 Å². The van der Waals surface area contributed by atoms with Crippen LogP contribution < -0.4 is 10.1 Å². The lowest BCUT2D eigenvalue weighted by atomic mass is 10.2. The highest BCUT2D eigenvalue weighted by atomic mass is 32.2. The van der Waals surface area contributed by atoms with Gasteiger partial charge in [-0.25, -0.2) is 0 Å². The fraction of sp³-hybridized carbons (Fsp3) is 0.0556. The van der Waals surface area contributed by atoms with Crippen molar-refractivity contribution in [1.82, 2.24) is 5.32 Å². The Morgan fingerprint density at radius 3 is 2.64 bits per heavy atom. The van der Waals surface area contributed by atoms with E-state index in [-0.39, 0.29) is 11.7 Å². The van der Waals surface area contributed by atoms with Crippen LogP contribution in [0.15, 0.2) is 63.6 Å². The van der Waals surface area contributed by atoms with Crippen molar-refractivity contribution in [1.29, 1.82) is 0 Å². The lowest BCUT2D eigenvalue weighted by Gasteiger charge is -1.99. The summed E-state index contributed by atoms with van der Waals surface area (Å²) in [5.41, 5.74) is 1.44. The average Bonchev–Trinajstić information content (AvgIpc) is 2.97. The predicted octanol–water partition coefficient (Wildman–Crippen LogP) is 2.99. The molecule has 0 unspecified atom stereocenters. The fourth-order valence-corrected chi connectivity index (χ4v) is 2.85. The molecule has 0 radical (unpaired) electrons. The van der Waals surface area contributed by atoms with Crippen molar-refractivity contribution in [3.05, 3.63) is 64.6 Å². The Balaban J connectivity index is 1.71. The molecular weight excluding hydrogens is 338 g/mol. The standard InChI is InChI=1S/C18H15N3O3S/c1-24-14-8-6-12(7-9-14)10-16-17(23)20-18(25-16)21-19-11-13-4-2-3-5-15(13)22/h2-11,22H,1H3,(H,20,21,23)/b16-10+,19-11-. The average molecular weight is 353 g/mol. The number of carbonyl (C=O) groups excluding carboxylic acids is 1. The van der Waals surface area contributed by atoms with Crippen LogP contribution in [0.2, 0.25) is 0 Å². The molecule has 1 saturated heterocycles. The smallest absolute Gasteiger partial charge is 0.264 e. The molecule has 2 aromatic carbocycles. The van der Waals surface area contributed by atoms with E-state index < -0.39 is 0 Å². The van der Waals surface area contributed by atoms with Gasteiger partial charge in [-0.3, -0.25) is 10.1 Å². The van der Waals surface area contributed by atoms with Crippen molar-refractivity contribution in [2.75, 3.05) is 7.11 Å². The van der Waals surface area contributed by atoms with Crippen molar-refractivity contribution < 1.29 is 14.6 Å². The summed E-state index contributed by atoms with van der Waals surface area (Å²) < 4.78 is 5.11. The summed E-state index contributed by atoms with van der Waals surface area (Å²) >= 11 is 1.21. The van der Waals surface area contributed by atoms with Crippen molar-refractivity contribution in [2.24, 2.45) is 10.2 Å². The molecule has 126 valence electrons. The first-order valence-electron chi connectivity index (χ1n) is 7.39. The predicted molar refractivity (Wildman–Crippen MR) is 99.8 cm³/mol. The number of phenolic OH excluding ortho intramolecular Hbond substituents is 1. The Morgan fingerprint density at radius 1 is 1.16 bits per heavy atom. The molecule has 0 bridgehead atoms. The van der Waals surface area contributed by atoms with E-state index in [2.05, 4.69) is 15.5 Å². The molecule has 7 heteroatoms. The molecule has 2 aromatic rings. The highest BCUT2D eigenvalue weighted by molar-refractivity contribution is 8.18. The number of methoxy groups -OCH3 is 1. The Labute approximate surface area is 148 Å². The highest BCUT2D eigenvalue weighted by Crippen LogP contribution is 2.26. The number of hydrogen-bond donors (Lipinski definition) is 2. The van der Waals surface area contributed by atoms with Crippen LogP contribution in [0.1, 0.15) is 11.1 Å².